The highest BCUT2D eigenvalue weighted by Crippen LogP contribution is 2.33. The van der Waals surface area contributed by atoms with Gasteiger partial charge in [0.05, 0.1) is 20.8 Å². The summed E-state index contributed by atoms with van der Waals surface area (Å²) in [6, 6.07) is 25.7. The number of ether oxygens (including phenoxy) is 4. The minimum absolute atomic E-state index is 0.150. The maximum Gasteiger partial charge on any atom is 0.407 e. The van der Waals surface area contributed by atoms with E-state index >= 15 is 0 Å². The molecule has 1 aliphatic rings. The summed E-state index contributed by atoms with van der Waals surface area (Å²) in [5.74, 6) is 1.73. The predicted molar refractivity (Wildman–Crippen MR) is 201 cm³/mol. The zero-order valence-electron chi connectivity index (χ0n) is 29.0. The maximum atomic E-state index is 13.2. The van der Waals surface area contributed by atoms with Crippen LogP contribution in [0.4, 0.5) is 9.59 Å². The number of amides is 2. The molecule has 3 aromatic carbocycles. The van der Waals surface area contributed by atoms with Gasteiger partial charge in [0.15, 0.2) is 11.5 Å². The zero-order valence-corrected chi connectivity index (χ0v) is 30.7. The Hall–Kier alpha value is -4.98. The van der Waals surface area contributed by atoms with Gasteiger partial charge in [0, 0.05) is 44.1 Å². The van der Waals surface area contributed by atoms with Crippen molar-refractivity contribution in [3.8, 4) is 11.5 Å². The van der Waals surface area contributed by atoms with Crippen LogP contribution in [-0.4, -0.2) is 65.6 Å². The maximum absolute atomic E-state index is 13.2. The average Bonchev–Trinajstić information content (AvgIpc) is 3.95. The molecule has 0 spiro atoms. The van der Waals surface area contributed by atoms with E-state index in [4.69, 9.17) is 18.9 Å². The molecule has 3 unspecified atom stereocenters. The lowest BCUT2D eigenvalue weighted by Gasteiger charge is -2.33. The van der Waals surface area contributed by atoms with E-state index < -0.39 is 12.2 Å². The molecule has 2 N–H and O–H groups in total. The van der Waals surface area contributed by atoms with E-state index in [0.717, 1.165) is 44.4 Å². The average molecular weight is 742 g/mol. The zero-order chi connectivity index (χ0) is 36.0. The van der Waals surface area contributed by atoms with E-state index in [2.05, 4.69) is 62.8 Å². The van der Waals surface area contributed by atoms with E-state index in [-0.39, 0.29) is 38.0 Å². The molecule has 0 radical (unpaired) electrons. The van der Waals surface area contributed by atoms with Crippen molar-refractivity contribution in [3.05, 3.63) is 129 Å². The third-order valence-corrected chi connectivity index (χ3v) is 10.0. The number of nitrogens with one attached hydrogen (secondary N) is 2. The minimum Gasteiger partial charge on any atom is -0.454 e. The van der Waals surface area contributed by atoms with Crippen LogP contribution in [0.25, 0.3) is 0 Å². The summed E-state index contributed by atoms with van der Waals surface area (Å²) < 4.78 is 22.4. The summed E-state index contributed by atoms with van der Waals surface area (Å²) in [5, 5.41) is 6.29. The normalized spacial score (nSPS) is 13.7. The van der Waals surface area contributed by atoms with Crippen molar-refractivity contribution in [1.29, 1.82) is 0 Å². The Balaban J connectivity index is 1.21. The van der Waals surface area contributed by atoms with Crippen molar-refractivity contribution in [2.45, 2.75) is 51.5 Å². The van der Waals surface area contributed by atoms with Gasteiger partial charge < -0.3 is 29.6 Å². The van der Waals surface area contributed by atoms with E-state index in [1.807, 2.05) is 48.5 Å². The van der Waals surface area contributed by atoms with Crippen LogP contribution in [0.2, 0.25) is 0 Å². The highest BCUT2D eigenvalue weighted by Gasteiger charge is 2.25. The first kappa shape index (κ1) is 36.8. The molecule has 6 rings (SSSR count). The second kappa shape index (κ2) is 19.0. The first-order valence-corrected chi connectivity index (χ1v) is 19.0. The third kappa shape index (κ3) is 11.8. The molecule has 0 saturated heterocycles. The minimum atomic E-state index is -0.492. The summed E-state index contributed by atoms with van der Waals surface area (Å²) in [6.45, 7) is 4.46. The molecule has 0 aliphatic carbocycles. The van der Waals surface area contributed by atoms with E-state index in [1.165, 1.54) is 22.7 Å². The summed E-state index contributed by atoms with van der Waals surface area (Å²) in [5.41, 5.74) is 6.76. The number of carbonyl (C=O) groups is 2. The van der Waals surface area contributed by atoms with Crippen LogP contribution in [0.1, 0.15) is 33.4 Å². The van der Waals surface area contributed by atoms with Crippen LogP contribution >= 0.6 is 22.7 Å². The Bertz CT molecular complexity index is 1710. The lowest BCUT2D eigenvalue weighted by atomic mass is 9.98. The number of rotatable bonds is 18. The monoisotopic (exact) mass is 741 g/mol. The van der Waals surface area contributed by atoms with Crippen molar-refractivity contribution in [2.75, 3.05) is 26.4 Å². The standard InChI is InChI=1S/C39H43N5O6S2/c1-28(14-31-12-13-36-37(17-31)50-27-49-36)20-44(21-32(15-29-8-4-2-5-9-29)42-38(45)47-23-34-18-40-25-51-34)22-33(16-30-10-6-3-7-11-30)43-39(46)48-24-35-19-41-26-52-35/h2-13,17-19,25-26,28,32-33H,14-16,20-24,27H2,1H3,(H,42,45)(H,43,46). The first-order chi connectivity index (χ1) is 25.4. The summed E-state index contributed by atoms with van der Waals surface area (Å²) in [7, 11) is 0. The molecule has 5 aromatic rings. The molecule has 3 atom stereocenters. The largest absolute Gasteiger partial charge is 0.454 e. The highest BCUT2D eigenvalue weighted by atomic mass is 32.1. The highest BCUT2D eigenvalue weighted by molar-refractivity contribution is 7.09. The molecular weight excluding hydrogens is 699 g/mol. The summed E-state index contributed by atoms with van der Waals surface area (Å²) >= 11 is 2.88. The van der Waals surface area contributed by atoms with Gasteiger partial charge in [0.25, 0.3) is 0 Å². The van der Waals surface area contributed by atoms with Gasteiger partial charge in [-0.3, -0.25) is 14.9 Å². The number of fused-ring (bicyclic) bond motifs is 1. The third-order valence-electron chi connectivity index (χ3n) is 8.50. The Morgan fingerprint density at radius 2 is 1.25 bits per heavy atom. The fourth-order valence-electron chi connectivity index (χ4n) is 6.26. The smallest absolute Gasteiger partial charge is 0.407 e. The number of hydrogen-bond donors (Lipinski definition) is 2. The molecule has 0 saturated carbocycles. The molecule has 11 nitrogen and oxygen atoms in total. The van der Waals surface area contributed by atoms with Crippen LogP contribution in [0.3, 0.4) is 0 Å². The second-order valence-corrected chi connectivity index (χ2v) is 14.8. The fourth-order valence-corrected chi connectivity index (χ4v) is 7.27. The molecule has 52 heavy (non-hydrogen) atoms. The van der Waals surface area contributed by atoms with Gasteiger partial charge >= 0.3 is 12.2 Å². The Morgan fingerprint density at radius 3 is 1.77 bits per heavy atom. The van der Waals surface area contributed by atoms with Crippen LogP contribution in [-0.2, 0) is 41.9 Å². The molecule has 3 heterocycles. The molecular formula is C39H43N5O6S2. The fraction of sp³-hybridized carbons (Fsp3) is 0.333. The molecule has 1 aliphatic heterocycles. The molecule has 272 valence electrons. The van der Waals surface area contributed by atoms with Crippen molar-refractivity contribution < 1.29 is 28.5 Å². The lowest BCUT2D eigenvalue weighted by molar-refractivity contribution is 0.124. The lowest BCUT2D eigenvalue weighted by Crippen LogP contribution is -2.51. The van der Waals surface area contributed by atoms with Crippen molar-refractivity contribution in [1.82, 2.24) is 25.5 Å². The number of nitrogens with zero attached hydrogens (tertiary/aromatic N) is 3. The number of benzene rings is 3. The Labute approximate surface area is 311 Å². The van der Waals surface area contributed by atoms with Crippen molar-refractivity contribution in [3.63, 3.8) is 0 Å². The summed E-state index contributed by atoms with van der Waals surface area (Å²) in [6.07, 6.45) is 4.40. The molecule has 0 fully saturated rings. The number of aromatic nitrogens is 2. The number of thiazole rings is 2. The van der Waals surface area contributed by atoms with Gasteiger partial charge in [-0.1, -0.05) is 73.7 Å². The second-order valence-electron chi connectivity index (χ2n) is 12.9. The quantitative estimate of drug-likeness (QED) is 0.0989. The summed E-state index contributed by atoms with van der Waals surface area (Å²) in [4.78, 5) is 38.6. The van der Waals surface area contributed by atoms with Gasteiger partial charge in [0.2, 0.25) is 6.79 Å². The van der Waals surface area contributed by atoms with Gasteiger partial charge in [-0.2, -0.15) is 0 Å². The van der Waals surface area contributed by atoms with Crippen LogP contribution < -0.4 is 20.1 Å². The predicted octanol–water partition coefficient (Wildman–Crippen LogP) is 6.88. The number of carbonyl (C=O) groups excluding carboxylic acids is 2. The number of hydrogen-bond acceptors (Lipinski definition) is 11. The molecule has 0 bridgehead atoms. The Kier molecular flexibility index (Phi) is 13.5. The topological polar surface area (TPSA) is 124 Å². The first-order valence-electron chi connectivity index (χ1n) is 17.2. The van der Waals surface area contributed by atoms with E-state index in [1.54, 1.807) is 23.4 Å². The molecule has 2 amide bonds. The molecule has 2 aromatic heterocycles. The van der Waals surface area contributed by atoms with Crippen molar-refractivity contribution in [2.24, 2.45) is 5.92 Å². The van der Waals surface area contributed by atoms with E-state index in [9.17, 15) is 9.59 Å². The van der Waals surface area contributed by atoms with Gasteiger partial charge in [0.1, 0.15) is 13.2 Å². The van der Waals surface area contributed by atoms with Gasteiger partial charge in [-0.25, -0.2) is 9.59 Å². The van der Waals surface area contributed by atoms with Gasteiger partial charge in [-0.05, 0) is 54.0 Å². The van der Waals surface area contributed by atoms with E-state index in [0.29, 0.717) is 32.5 Å². The van der Waals surface area contributed by atoms with Gasteiger partial charge in [-0.15, -0.1) is 22.7 Å². The SMILES string of the molecule is CC(Cc1ccc2c(c1)OCO2)CN(CC(Cc1ccccc1)NC(=O)OCc1cncs1)CC(Cc1ccccc1)NC(=O)OCc1cncs1. The van der Waals surface area contributed by atoms with Crippen LogP contribution in [0.5, 0.6) is 11.5 Å². The molecule has 13 heteroatoms. The number of alkyl carbamates (subject to hydrolysis) is 2. The van der Waals surface area contributed by atoms with Crippen LogP contribution in [0, 0.1) is 5.92 Å². The van der Waals surface area contributed by atoms with Crippen LogP contribution in [0.15, 0.2) is 102 Å². The van der Waals surface area contributed by atoms with Crippen molar-refractivity contribution >= 4 is 34.9 Å². The Morgan fingerprint density at radius 1 is 0.712 bits per heavy atom.